The van der Waals surface area contributed by atoms with Gasteiger partial charge in [0.1, 0.15) is 5.75 Å². The highest BCUT2D eigenvalue weighted by molar-refractivity contribution is 5.93. The molecule has 0 amide bonds. The molecule has 3 heteroatoms. The van der Waals surface area contributed by atoms with Crippen molar-refractivity contribution in [2.45, 2.75) is 39.2 Å². The monoisotopic (exact) mass is 258 g/mol. The van der Waals surface area contributed by atoms with Crippen LogP contribution >= 0.6 is 0 Å². The molecule has 0 aliphatic carbocycles. The minimum absolute atomic E-state index is 0.136. The molecular formula is C16H22N2O. The topological polar surface area (TPSA) is 37.0 Å². The van der Waals surface area contributed by atoms with Crippen LogP contribution in [-0.4, -0.2) is 18.6 Å². The van der Waals surface area contributed by atoms with E-state index in [1.807, 2.05) is 6.07 Å². The van der Waals surface area contributed by atoms with E-state index in [2.05, 4.69) is 44.1 Å². The van der Waals surface area contributed by atoms with Crippen LogP contribution in [-0.2, 0) is 5.41 Å². The predicted octanol–water partition coefficient (Wildman–Crippen LogP) is 3.43. The van der Waals surface area contributed by atoms with Crippen molar-refractivity contribution in [1.29, 1.82) is 0 Å². The van der Waals surface area contributed by atoms with E-state index in [4.69, 9.17) is 4.74 Å². The van der Waals surface area contributed by atoms with Gasteiger partial charge in [-0.2, -0.15) is 0 Å². The molecule has 19 heavy (non-hydrogen) atoms. The summed E-state index contributed by atoms with van der Waals surface area (Å²) in [7, 11) is 1.73. The van der Waals surface area contributed by atoms with E-state index in [1.54, 1.807) is 7.11 Å². The number of hydrogen-bond acceptors (Lipinski definition) is 2. The third kappa shape index (κ3) is 1.68. The molecule has 1 atom stereocenters. The van der Waals surface area contributed by atoms with Gasteiger partial charge in [-0.3, -0.25) is 0 Å². The summed E-state index contributed by atoms with van der Waals surface area (Å²) in [6, 6.07) is 4.56. The highest BCUT2D eigenvalue weighted by atomic mass is 16.5. The SMILES string of the molecule is COc1ccc(C)c2c3c([nH]c12)C(C)NCC3(C)C. The number of rotatable bonds is 1. The Kier molecular flexibility index (Phi) is 2.65. The summed E-state index contributed by atoms with van der Waals surface area (Å²) in [5.41, 5.74) is 5.34. The lowest BCUT2D eigenvalue weighted by Crippen LogP contribution is -2.40. The van der Waals surface area contributed by atoms with Gasteiger partial charge < -0.3 is 15.0 Å². The van der Waals surface area contributed by atoms with Crippen LogP contribution < -0.4 is 10.1 Å². The van der Waals surface area contributed by atoms with Gasteiger partial charge in [0.25, 0.3) is 0 Å². The van der Waals surface area contributed by atoms with Crippen molar-refractivity contribution < 1.29 is 4.74 Å². The summed E-state index contributed by atoms with van der Waals surface area (Å²) < 4.78 is 5.51. The molecule has 1 aliphatic rings. The highest BCUT2D eigenvalue weighted by Crippen LogP contribution is 2.42. The van der Waals surface area contributed by atoms with Crippen molar-refractivity contribution in [3.63, 3.8) is 0 Å². The van der Waals surface area contributed by atoms with Crippen LogP contribution in [0.1, 0.15) is 43.6 Å². The largest absolute Gasteiger partial charge is 0.495 e. The number of fused-ring (bicyclic) bond motifs is 3. The first-order valence-electron chi connectivity index (χ1n) is 6.88. The van der Waals surface area contributed by atoms with Crippen LogP contribution in [0.4, 0.5) is 0 Å². The van der Waals surface area contributed by atoms with Gasteiger partial charge >= 0.3 is 0 Å². The van der Waals surface area contributed by atoms with Crippen LogP contribution in [0.3, 0.4) is 0 Å². The Bertz CT molecular complexity index is 640. The molecule has 102 valence electrons. The van der Waals surface area contributed by atoms with Gasteiger partial charge in [-0.25, -0.2) is 0 Å². The first kappa shape index (κ1) is 12.5. The molecule has 0 radical (unpaired) electrons. The Morgan fingerprint density at radius 1 is 1.32 bits per heavy atom. The maximum atomic E-state index is 5.51. The molecule has 0 spiro atoms. The van der Waals surface area contributed by atoms with E-state index in [0.717, 1.165) is 17.8 Å². The van der Waals surface area contributed by atoms with Crippen LogP contribution in [0.25, 0.3) is 10.9 Å². The van der Waals surface area contributed by atoms with Crippen LogP contribution in [0.2, 0.25) is 0 Å². The number of methoxy groups -OCH3 is 1. The van der Waals surface area contributed by atoms with E-state index in [-0.39, 0.29) is 5.41 Å². The second kappa shape index (κ2) is 4.01. The van der Waals surface area contributed by atoms with Crippen molar-refractivity contribution in [2.24, 2.45) is 0 Å². The summed E-state index contributed by atoms with van der Waals surface area (Å²) in [6.45, 7) is 10.0. The lowest BCUT2D eigenvalue weighted by atomic mass is 9.78. The number of aromatic amines is 1. The quantitative estimate of drug-likeness (QED) is 0.822. The first-order chi connectivity index (χ1) is 8.95. The molecule has 2 heterocycles. The van der Waals surface area contributed by atoms with Crippen LogP contribution in [0.15, 0.2) is 12.1 Å². The molecule has 1 aromatic carbocycles. The molecule has 1 aliphatic heterocycles. The number of benzene rings is 1. The number of H-pyrrole nitrogens is 1. The molecule has 0 fully saturated rings. The van der Waals surface area contributed by atoms with Crippen molar-refractivity contribution >= 4 is 10.9 Å². The smallest absolute Gasteiger partial charge is 0.142 e. The molecule has 0 saturated carbocycles. The number of nitrogens with one attached hydrogen (secondary N) is 2. The fraction of sp³-hybridized carbons (Fsp3) is 0.500. The van der Waals surface area contributed by atoms with Crippen molar-refractivity contribution in [3.05, 3.63) is 29.0 Å². The van der Waals surface area contributed by atoms with Gasteiger partial charge in [0.2, 0.25) is 0 Å². The maximum absolute atomic E-state index is 5.51. The van der Waals surface area contributed by atoms with E-state index in [0.29, 0.717) is 6.04 Å². The number of aryl methyl sites for hydroxylation is 1. The second-order valence-electron chi connectivity index (χ2n) is 6.23. The summed E-state index contributed by atoms with van der Waals surface area (Å²) in [5, 5.41) is 4.91. The standard InChI is InChI=1S/C16H22N2O/c1-9-6-7-11(19-5)15-12(9)13-14(18-15)10(2)17-8-16(13,3)4/h6-7,10,17-18H,8H2,1-5H3. The zero-order valence-corrected chi connectivity index (χ0v) is 12.3. The van der Waals surface area contributed by atoms with Gasteiger partial charge in [-0.15, -0.1) is 0 Å². The summed E-state index contributed by atoms with van der Waals surface area (Å²) >= 11 is 0. The average Bonchev–Trinajstić information content (AvgIpc) is 2.78. The summed E-state index contributed by atoms with van der Waals surface area (Å²) in [5.74, 6) is 0.929. The predicted molar refractivity (Wildman–Crippen MR) is 79.0 cm³/mol. The van der Waals surface area contributed by atoms with E-state index in [1.165, 1.54) is 22.2 Å². The van der Waals surface area contributed by atoms with Gasteiger partial charge in [0.15, 0.2) is 0 Å². The highest BCUT2D eigenvalue weighted by Gasteiger charge is 2.35. The van der Waals surface area contributed by atoms with Crippen molar-refractivity contribution in [3.8, 4) is 5.75 Å². The minimum atomic E-state index is 0.136. The molecule has 3 rings (SSSR count). The van der Waals surface area contributed by atoms with Crippen LogP contribution in [0.5, 0.6) is 5.75 Å². The van der Waals surface area contributed by atoms with Gasteiger partial charge in [-0.05, 0) is 31.0 Å². The Morgan fingerprint density at radius 3 is 2.74 bits per heavy atom. The zero-order chi connectivity index (χ0) is 13.8. The average molecular weight is 258 g/mol. The first-order valence-corrected chi connectivity index (χ1v) is 6.88. The molecule has 2 N–H and O–H groups in total. The van der Waals surface area contributed by atoms with Crippen molar-refractivity contribution in [1.82, 2.24) is 10.3 Å². The third-order valence-electron chi connectivity index (χ3n) is 4.33. The fourth-order valence-electron chi connectivity index (χ4n) is 3.26. The zero-order valence-electron chi connectivity index (χ0n) is 12.3. The van der Waals surface area contributed by atoms with Crippen molar-refractivity contribution in [2.75, 3.05) is 13.7 Å². The molecular weight excluding hydrogens is 236 g/mol. The van der Waals surface area contributed by atoms with Gasteiger partial charge in [0.05, 0.1) is 12.6 Å². The number of ether oxygens (including phenoxy) is 1. The Labute approximate surface area is 114 Å². The fourth-order valence-corrected chi connectivity index (χ4v) is 3.26. The number of hydrogen-bond donors (Lipinski definition) is 2. The minimum Gasteiger partial charge on any atom is -0.495 e. The summed E-state index contributed by atoms with van der Waals surface area (Å²) in [6.07, 6.45) is 0. The van der Waals surface area contributed by atoms with Gasteiger partial charge in [0, 0.05) is 29.1 Å². The Balaban J connectivity index is 2.43. The van der Waals surface area contributed by atoms with E-state index >= 15 is 0 Å². The van der Waals surface area contributed by atoms with E-state index < -0.39 is 0 Å². The van der Waals surface area contributed by atoms with Gasteiger partial charge in [-0.1, -0.05) is 19.9 Å². The van der Waals surface area contributed by atoms with Crippen LogP contribution in [0, 0.1) is 6.92 Å². The molecule has 1 unspecified atom stereocenters. The molecule has 0 bridgehead atoms. The maximum Gasteiger partial charge on any atom is 0.142 e. The lowest BCUT2D eigenvalue weighted by Gasteiger charge is -2.34. The molecule has 0 saturated heterocycles. The number of aromatic nitrogens is 1. The van der Waals surface area contributed by atoms with E-state index in [9.17, 15) is 0 Å². The second-order valence-corrected chi connectivity index (χ2v) is 6.23. The third-order valence-corrected chi connectivity index (χ3v) is 4.33. The Morgan fingerprint density at radius 2 is 2.05 bits per heavy atom. The summed E-state index contributed by atoms with van der Waals surface area (Å²) in [4.78, 5) is 3.59. The molecule has 3 nitrogen and oxygen atoms in total. The molecule has 1 aromatic heterocycles. The lowest BCUT2D eigenvalue weighted by molar-refractivity contribution is 0.394. The Hall–Kier alpha value is -1.48. The molecule has 2 aromatic rings. The normalized spacial score (nSPS) is 21.4.